The lowest BCUT2D eigenvalue weighted by molar-refractivity contribution is 0.109. The molecule has 0 saturated carbocycles. The van der Waals surface area contributed by atoms with Crippen LogP contribution in [-0.4, -0.2) is 59.4 Å². The molecule has 1 aliphatic heterocycles. The predicted molar refractivity (Wildman–Crippen MR) is 82.6 cm³/mol. The number of likely N-dealkylation sites (N-methyl/N-ethyl adjacent to an activating group) is 1. The quantitative estimate of drug-likeness (QED) is 0.853. The van der Waals surface area contributed by atoms with Crippen LogP contribution in [0.2, 0.25) is 0 Å². The van der Waals surface area contributed by atoms with E-state index in [-0.39, 0.29) is 6.04 Å². The maximum absolute atomic E-state index is 6.03. The SMILES string of the molecule is CCCn1cc(C(CN)N(C)C2CCN(C)CC2)cn1. The van der Waals surface area contributed by atoms with E-state index >= 15 is 0 Å². The molecule has 1 saturated heterocycles. The number of nitrogens with zero attached hydrogens (tertiary/aromatic N) is 4. The van der Waals surface area contributed by atoms with Gasteiger partial charge in [0, 0.05) is 30.9 Å². The Kier molecular flexibility index (Phi) is 5.57. The highest BCUT2D eigenvalue weighted by Crippen LogP contribution is 2.24. The molecule has 1 aromatic rings. The highest BCUT2D eigenvalue weighted by Gasteiger charge is 2.26. The van der Waals surface area contributed by atoms with Gasteiger partial charge in [-0.2, -0.15) is 5.10 Å². The van der Waals surface area contributed by atoms with Crippen LogP contribution in [0, 0.1) is 0 Å². The van der Waals surface area contributed by atoms with Crippen LogP contribution < -0.4 is 5.73 Å². The summed E-state index contributed by atoms with van der Waals surface area (Å²) >= 11 is 0. The summed E-state index contributed by atoms with van der Waals surface area (Å²) in [7, 11) is 4.41. The lowest BCUT2D eigenvalue weighted by Crippen LogP contribution is -2.44. The van der Waals surface area contributed by atoms with Gasteiger partial charge in [-0.15, -0.1) is 0 Å². The summed E-state index contributed by atoms with van der Waals surface area (Å²) in [5, 5.41) is 4.44. The second-order valence-electron chi connectivity index (χ2n) is 5.99. The molecule has 114 valence electrons. The first-order chi connectivity index (χ1) is 9.65. The molecule has 0 bridgehead atoms. The van der Waals surface area contributed by atoms with Gasteiger partial charge < -0.3 is 10.6 Å². The second kappa shape index (κ2) is 7.20. The van der Waals surface area contributed by atoms with Gasteiger partial charge in [0.25, 0.3) is 0 Å². The fraction of sp³-hybridized carbons (Fsp3) is 0.800. The Morgan fingerprint density at radius 1 is 1.45 bits per heavy atom. The standard InChI is InChI=1S/C15H29N5/c1-4-7-20-12-13(11-17-20)15(10-16)19(3)14-5-8-18(2)9-6-14/h11-12,14-15H,4-10,16H2,1-3H3. The largest absolute Gasteiger partial charge is 0.329 e. The van der Waals surface area contributed by atoms with Crippen molar-refractivity contribution in [1.82, 2.24) is 19.6 Å². The average molecular weight is 279 g/mol. The molecular formula is C15H29N5. The van der Waals surface area contributed by atoms with E-state index < -0.39 is 0 Å². The summed E-state index contributed by atoms with van der Waals surface area (Å²) in [6.45, 7) is 6.17. The van der Waals surface area contributed by atoms with Crippen LogP contribution in [-0.2, 0) is 6.54 Å². The molecule has 1 aromatic heterocycles. The minimum absolute atomic E-state index is 0.286. The van der Waals surface area contributed by atoms with Crippen molar-refractivity contribution in [3.8, 4) is 0 Å². The average Bonchev–Trinajstić information content (AvgIpc) is 2.89. The third kappa shape index (κ3) is 3.59. The zero-order valence-electron chi connectivity index (χ0n) is 13.1. The van der Waals surface area contributed by atoms with Crippen molar-refractivity contribution < 1.29 is 0 Å². The molecule has 1 aliphatic rings. The highest BCUT2D eigenvalue weighted by molar-refractivity contribution is 5.11. The molecular weight excluding hydrogens is 250 g/mol. The Balaban J connectivity index is 2.02. The molecule has 1 atom stereocenters. The van der Waals surface area contributed by atoms with E-state index in [0.717, 1.165) is 13.0 Å². The molecule has 5 nitrogen and oxygen atoms in total. The second-order valence-corrected chi connectivity index (χ2v) is 5.99. The molecule has 20 heavy (non-hydrogen) atoms. The van der Waals surface area contributed by atoms with Crippen LogP contribution in [0.25, 0.3) is 0 Å². The zero-order chi connectivity index (χ0) is 14.5. The fourth-order valence-electron chi connectivity index (χ4n) is 3.10. The van der Waals surface area contributed by atoms with Gasteiger partial charge in [-0.1, -0.05) is 6.92 Å². The van der Waals surface area contributed by atoms with E-state index in [1.807, 2.05) is 10.9 Å². The maximum Gasteiger partial charge on any atom is 0.0538 e. The van der Waals surface area contributed by atoms with Crippen molar-refractivity contribution in [3.63, 3.8) is 0 Å². The number of aryl methyl sites for hydroxylation is 1. The Morgan fingerprint density at radius 2 is 2.15 bits per heavy atom. The van der Waals surface area contributed by atoms with Crippen LogP contribution in [0.1, 0.15) is 37.8 Å². The molecule has 1 unspecified atom stereocenters. The number of piperidine rings is 1. The first kappa shape index (κ1) is 15.5. The van der Waals surface area contributed by atoms with Gasteiger partial charge in [0.2, 0.25) is 0 Å². The Labute approximate surface area is 122 Å². The number of likely N-dealkylation sites (tertiary alicyclic amines) is 1. The summed E-state index contributed by atoms with van der Waals surface area (Å²) in [5.74, 6) is 0. The fourth-order valence-corrected chi connectivity index (χ4v) is 3.10. The Morgan fingerprint density at radius 3 is 2.75 bits per heavy atom. The molecule has 0 radical (unpaired) electrons. The van der Waals surface area contributed by atoms with E-state index in [1.54, 1.807) is 0 Å². The number of nitrogens with two attached hydrogens (primary N) is 1. The van der Waals surface area contributed by atoms with Gasteiger partial charge >= 0.3 is 0 Å². The number of hydrogen-bond acceptors (Lipinski definition) is 4. The Hall–Kier alpha value is -0.910. The summed E-state index contributed by atoms with van der Waals surface area (Å²) in [6, 6.07) is 0.920. The minimum atomic E-state index is 0.286. The van der Waals surface area contributed by atoms with E-state index in [2.05, 4.69) is 42.1 Å². The Bertz CT molecular complexity index is 395. The molecule has 2 rings (SSSR count). The van der Waals surface area contributed by atoms with Crippen molar-refractivity contribution in [2.75, 3.05) is 33.7 Å². The van der Waals surface area contributed by atoms with Crippen LogP contribution in [0.4, 0.5) is 0 Å². The van der Waals surface area contributed by atoms with Gasteiger partial charge in [-0.3, -0.25) is 9.58 Å². The highest BCUT2D eigenvalue weighted by atomic mass is 15.3. The van der Waals surface area contributed by atoms with Gasteiger partial charge in [-0.05, 0) is 46.4 Å². The van der Waals surface area contributed by atoms with Crippen molar-refractivity contribution in [1.29, 1.82) is 0 Å². The van der Waals surface area contributed by atoms with E-state index in [9.17, 15) is 0 Å². The summed E-state index contributed by atoms with van der Waals surface area (Å²) in [5.41, 5.74) is 7.29. The van der Waals surface area contributed by atoms with Crippen molar-refractivity contribution in [2.24, 2.45) is 5.73 Å². The minimum Gasteiger partial charge on any atom is -0.329 e. The number of hydrogen-bond donors (Lipinski definition) is 1. The van der Waals surface area contributed by atoms with E-state index in [0.29, 0.717) is 12.6 Å². The number of rotatable bonds is 6. The molecule has 0 spiro atoms. The van der Waals surface area contributed by atoms with Crippen LogP contribution in [0.5, 0.6) is 0 Å². The van der Waals surface area contributed by atoms with Crippen molar-refractivity contribution in [2.45, 2.75) is 44.8 Å². The normalized spacial score (nSPS) is 19.6. The number of aromatic nitrogens is 2. The molecule has 2 N–H and O–H groups in total. The molecule has 2 heterocycles. The first-order valence-electron chi connectivity index (χ1n) is 7.78. The van der Waals surface area contributed by atoms with Gasteiger partial charge in [0.15, 0.2) is 0 Å². The summed E-state index contributed by atoms with van der Waals surface area (Å²) in [6.07, 6.45) is 7.71. The maximum atomic E-state index is 6.03. The summed E-state index contributed by atoms with van der Waals surface area (Å²) in [4.78, 5) is 4.86. The van der Waals surface area contributed by atoms with Crippen LogP contribution in [0.3, 0.4) is 0 Å². The van der Waals surface area contributed by atoms with Gasteiger partial charge in [0.1, 0.15) is 0 Å². The smallest absolute Gasteiger partial charge is 0.0538 e. The van der Waals surface area contributed by atoms with E-state index in [1.165, 1.54) is 31.5 Å². The summed E-state index contributed by atoms with van der Waals surface area (Å²) < 4.78 is 2.03. The molecule has 1 fully saturated rings. The molecule has 0 aliphatic carbocycles. The van der Waals surface area contributed by atoms with Gasteiger partial charge in [-0.25, -0.2) is 0 Å². The lowest BCUT2D eigenvalue weighted by atomic mass is 10.0. The van der Waals surface area contributed by atoms with Crippen LogP contribution in [0.15, 0.2) is 12.4 Å². The predicted octanol–water partition coefficient (Wildman–Crippen LogP) is 1.32. The lowest BCUT2D eigenvalue weighted by Gasteiger charge is -2.38. The first-order valence-corrected chi connectivity index (χ1v) is 7.78. The molecule has 0 aromatic carbocycles. The van der Waals surface area contributed by atoms with Crippen molar-refractivity contribution >= 4 is 0 Å². The van der Waals surface area contributed by atoms with Crippen molar-refractivity contribution in [3.05, 3.63) is 18.0 Å². The molecule has 5 heteroatoms. The van der Waals surface area contributed by atoms with E-state index in [4.69, 9.17) is 5.73 Å². The molecule has 0 amide bonds. The van der Waals surface area contributed by atoms with Gasteiger partial charge in [0.05, 0.1) is 12.2 Å². The van der Waals surface area contributed by atoms with Crippen LogP contribution >= 0.6 is 0 Å². The zero-order valence-corrected chi connectivity index (χ0v) is 13.1. The third-order valence-corrected chi connectivity index (χ3v) is 4.47. The topological polar surface area (TPSA) is 50.3 Å². The third-order valence-electron chi connectivity index (χ3n) is 4.47. The monoisotopic (exact) mass is 279 g/mol.